The lowest BCUT2D eigenvalue weighted by molar-refractivity contribution is -0.132. The highest BCUT2D eigenvalue weighted by Gasteiger charge is 2.11. The summed E-state index contributed by atoms with van der Waals surface area (Å²) in [6.45, 7) is 0.112. The molecule has 0 atom stereocenters. The van der Waals surface area contributed by atoms with Crippen molar-refractivity contribution in [3.05, 3.63) is 76.4 Å². The van der Waals surface area contributed by atoms with Crippen molar-refractivity contribution in [3.63, 3.8) is 0 Å². The first kappa shape index (κ1) is 16.7. The minimum absolute atomic E-state index is 0.172. The van der Waals surface area contributed by atoms with E-state index in [0.29, 0.717) is 16.9 Å². The summed E-state index contributed by atoms with van der Waals surface area (Å²) in [4.78, 5) is 24.9. The topological polar surface area (TPSA) is 59.8 Å². The molecule has 1 heterocycles. The molecule has 0 fully saturated rings. The molecule has 0 aliphatic carbocycles. The fourth-order valence-electron chi connectivity index (χ4n) is 2.38. The van der Waals surface area contributed by atoms with E-state index in [4.69, 9.17) is 9.15 Å². The molecule has 6 heteroatoms. The zero-order valence-corrected chi connectivity index (χ0v) is 13.6. The second-order valence-corrected chi connectivity index (χ2v) is 5.62. The summed E-state index contributed by atoms with van der Waals surface area (Å²) in [6, 6.07) is 14.1. The summed E-state index contributed by atoms with van der Waals surface area (Å²) < 4.78 is 23.7. The number of nitrogens with zero attached hydrogens (tertiary/aromatic N) is 1. The Bertz CT molecular complexity index is 967. The van der Waals surface area contributed by atoms with Crippen LogP contribution in [0, 0.1) is 5.82 Å². The molecule has 0 aliphatic rings. The molecule has 3 aromatic rings. The molecule has 0 saturated heterocycles. The number of hydrogen-bond donors (Lipinski definition) is 0. The highest BCUT2D eigenvalue weighted by atomic mass is 19.1. The quantitative estimate of drug-likeness (QED) is 0.670. The van der Waals surface area contributed by atoms with E-state index in [-0.39, 0.29) is 24.9 Å². The summed E-state index contributed by atoms with van der Waals surface area (Å²) in [6.07, 6.45) is 0. The molecular formula is C19H16FNO4. The second kappa shape index (κ2) is 7.17. The zero-order valence-electron chi connectivity index (χ0n) is 13.6. The minimum atomic E-state index is -0.449. The first-order chi connectivity index (χ1) is 12.0. The van der Waals surface area contributed by atoms with Crippen molar-refractivity contribution in [2.45, 2.75) is 6.54 Å². The van der Waals surface area contributed by atoms with Gasteiger partial charge in [-0.05, 0) is 35.9 Å². The van der Waals surface area contributed by atoms with Gasteiger partial charge in [0, 0.05) is 31.1 Å². The Kier molecular flexibility index (Phi) is 4.79. The van der Waals surface area contributed by atoms with E-state index < -0.39 is 5.63 Å². The molecule has 5 nitrogen and oxygen atoms in total. The molecular weight excluding hydrogens is 325 g/mol. The van der Waals surface area contributed by atoms with Gasteiger partial charge in [0.25, 0.3) is 5.91 Å². The first-order valence-corrected chi connectivity index (χ1v) is 7.66. The fourth-order valence-corrected chi connectivity index (χ4v) is 2.38. The van der Waals surface area contributed by atoms with Crippen LogP contribution in [0.25, 0.3) is 11.0 Å². The van der Waals surface area contributed by atoms with Crippen LogP contribution < -0.4 is 10.4 Å². The number of fused-ring (bicyclic) bond motifs is 1. The summed E-state index contributed by atoms with van der Waals surface area (Å²) in [5.74, 6) is -0.166. The average molecular weight is 341 g/mol. The van der Waals surface area contributed by atoms with Gasteiger partial charge in [-0.25, -0.2) is 9.18 Å². The molecule has 128 valence electrons. The number of ether oxygens (including phenoxy) is 1. The third kappa shape index (κ3) is 4.23. The van der Waals surface area contributed by atoms with Crippen molar-refractivity contribution >= 4 is 16.9 Å². The Labute approximate surface area is 143 Å². The Balaban J connectivity index is 1.62. The van der Waals surface area contributed by atoms with Gasteiger partial charge in [-0.3, -0.25) is 4.79 Å². The van der Waals surface area contributed by atoms with E-state index in [1.165, 1.54) is 23.1 Å². The molecule has 25 heavy (non-hydrogen) atoms. The SMILES string of the molecule is CN(Cc1cccc(F)c1)C(=O)COc1ccc2ccc(=O)oc2c1. The highest BCUT2D eigenvalue weighted by molar-refractivity contribution is 5.79. The van der Waals surface area contributed by atoms with Crippen LogP contribution in [-0.2, 0) is 11.3 Å². The third-order valence-corrected chi connectivity index (χ3v) is 3.69. The van der Waals surface area contributed by atoms with Crippen LogP contribution in [-0.4, -0.2) is 24.5 Å². The van der Waals surface area contributed by atoms with Crippen LogP contribution >= 0.6 is 0 Å². The lowest BCUT2D eigenvalue weighted by atomic mass is 10.2. The molecule has 0 radical (unpaired) electrons. The molecule has 0 aliphatic heterocycles. The maximum absolute atomic E-state index is 13.2. The van der Waals surface area contributed by atoms with Crippen LogP contribution in [0.4, 0.5) is 4.39 Å². The molecule has 0 unspecified atom stereocenters. The number of carbonyl (C=O) groups excluding carboxylic acids is 1. The van der Waals surface area contributed by atoms with Crippen molar-refractivity contribution in [2.24, 2.45) is 0 Å². The van der Waals surface area contributed by atoms with Crippen LogP contribution in [0.5, 0.6) is 5.75 Å². The largest absolute Gasteiger partial charge is 0.484 e. The van der Waals surface area contributed by atoms with Gasteiger partial charge >= 0.3 is 5.63 Å². The standard InChI is InChI=1S/C19H16FNO4/c1-21(11-13-3-2-4-15(20)9-13)18(22)12-24-16-7-5-14-6-8-19(23)25-17(14)10-16/h2-10H,11-12H2,1H3. The van der Waals surface area contributed by atoms with Crippen molar-refractivity contribution < 1.29 is 18.3 Å². The number of benzene rings is 2. The molecule has 1 amide bonds. The summed E-state index contributed by atoms with van der Waals surface area (Å²) in [7, 11) is 1.62. The summed E-state index contributed by atoms with van der Waals surface area (Å²) in [5, 5.41) is 0.765. The van der Waals surface area contributed by atoms with E-state index in [0.717, 1.165) is 5.39 Å². The third-order valence-electron chi connectivity index (χ3n) is 3.69. The lowest BCUT2D eigenvalue weighted by Crippen LogP contribution is -2.30. The Morgan fingerprint density at radius 1 is 1.16 bits per heavy atom. The van der Waals surface area contributed by atoms with Crippen molar-refractivity contribution in [2.75, 3.05) is 13.7 Å². The molecule has 0 bridgehead atoms. The van der Waals surface area contributed by atoms with Gasteiger partial charge in [-0.1, -0.05) is 12.1 Å². The normalized spacial score (nSPS) is 10.6. The Hall–Kier alpha value is -3.15. The van der Waals surface area contributed by atoms with E-state index in [1.807, 2.05) is 0 Å². The monoisotopic (exact) mass is 341 g/mol. The Morgan fingerprint density at radius 3 is 2.76 bits per heavy atom. The molecule has 0 N–H and O–H groups in total. The van der Waals surface area contributed by atoms with Crippen LogP contribution in [0.15, 0.2) is 63.8 Å². The summed E-state index contributed by atoms with van der Waals surface area (Å²) >= 11 is 0. The number of likely N-dealkylation sites (N-methyl/N-ethyl adjacent to an activating group) is 1. The predicted octanol–water partition coefficient (Wildman–Crippen LogP) is 2.97. The van der Waals surface area contributed by atoms with E-state index in [9.17, 15) is 14.0 Å². The van der Waals surface area contributed by atoms with Gasteiger partial charge in [0.05, 0.1) is 0 Å². The van der Waals surface area contributed by atoms with Gasteiger partial charge in [0.15, 0.2) is 6.61 Å². The molecule has 0 saturated carbocycles. The number of hydrogen-bond acceptors (Lipinski definition) is 4. The van der Waals surface area contributed by atoms with Crippen LogP contribution in [0.3, 0.4) is 0 Å². The molecule has 0 spiro atoms. The number of carbonyl (C=O) groups is 1. The molecule has 2 aromatic carbocycles. The van der Waals surface area contributed by atoms with Crippen molar-refractivity contribution in [1.29, 1.82) is 0 Å². The van der Waals surface area contributed by atoms with Crippen molar-refractivity contribution in [1.82, 2.24) is 4.90 Å². The maximum Gasteiger partial charge on any atom is 0.336 e. The van der Waals surface area contributed by atoms with Gasteiger partial charge in [-0.2, -0.15) is 0 Å². The van der Waals surface area contributed by atoms with Gasteiger partial charge in [0.2, 0.25) is 0 Å². The molecule has 3 rings (SSSR count). The van der Waals surface area contributed by atoms with Crippen LogP contribution in [0.1, 0.15) is 5.56 Å². The van der Waals surface area contributed by atoms with E-state index in [2.05, 4.69) is 0 Å². The van der Waals surface area contributed by atoms with Crippen molar-refractivity contribution in [3.8, 4) is 5.75 Å². The highest BCUT2D eigenvalue weighted by Crippen LogP contribution is 2.19. The summed E-state index contributed by atoms with van der Waals surface area (Å²) in [5.41, 5.74) is 0.643. The van der Waals surface area contributed by atoms with Crippen LogP contribution in [0.2, 0.25) is 0 Å². The fraction of sp³-hybridized carbons (Fsp3) is 0.158. The maximum atomic E-state index is 13.2. The predicted molar refractivity (Wildman–Crippen MR) is 90.9 cm³/mol. The molecule has 1 aromatic heterocycles. The zero-order chi connectivity index (χ0) is 17.8. The number of halogens is 1. The van der Waals surface area contributed by atoms with E-state index in [1.54, 1.807) is 43.4 Å². The minimum Gasteiger partial charge on any atom is -0.484 e. The second-order valence-electron chi connectivity index (χ2n) is 5.62. The number of amides is 1. The van der Waals surface area contributed by atoms with Gasteiger partial charge in [-0.15, -0.1) is 0 Å². The van der Waals surface area contributed by atoms with E-state index >= 15 is 0 Å². The first-order valence-electron chi connectivity index (χ1n) is 7.66. The Morgan fingerprint density at radius 2 is 1.96 bits per heavy atom. The smallest absolute Gasteiger partial charge is 0.336 e. The number of rotatable bonds is 5. The lowest BCUT2D eigenvalue weighted by Gasteiger charge is -2.17. The average Bonchev–Trinajstić information content (AvgIpc) is 2.59. The van der Waals surface area contributed by atoms with Gasteiger partial charge < -0.3 is 14.1 Å². The van der Waals surface area contributed by atoms with Gasteiger partial charge in [0.1, 0.15) is 17.1 Å².